The van der Waals surface area contributed by atoms with Gasteiger partial charge in [-0.15, -0.1) is 0 Å². The quantitative estimate of drug-likeness (QED) is 0.592. The highest BCUT2D eigenvalue weighted by Crippen LogP contribution is 2.38. The first kappa shape index (κ1) is 12.7. The lowest BCUT2D eigenvalue weighted by molar-refractivity contribution is -0.159. The molecule has 2 rings (SSSR count). The summed E-state index contributed by atoms with van der Waals surface area (Å²) in [4.78, 5) is 1.83. The minimum absolute atomic E-state index is 0.147. The molecule has 2 fully saturated rings. The zero-order valence-electron chi connectivity index (χ0n) is 9.63. The van der Waals surface area contributed by atoms with Crippen LogP contribution in [0.1, 0.15) is 19.3 Å². The zero-order valence-corrected chi connectivity index (χ0v) is 9.63. The summed E-state index contributed by atoms with van der Waals surface area (Å²) in [7, 11) is 0. The van der Waals surface area contributed by atoms with Crippen molar-refractivity contribution in [1.82, 2.24) is 4.90 Å². The molecule has 17 heavy (non-hydrogen) atoms. The molecule has 3 unspecified atom stereocenters. The number of fused-ring (bicyclic) bond motifs is 1. The summed E-state index contributed by atoms with van der Waals surface area (Å²) >= 11 is 0. The van der Waals surface area contributed by atoms with Crippen LogP contribution >= 0.6 is 0 Å². The molecule has 1 heterocycles. The molecular weight excluding hydrogens is 231 g/mol. The fourth-order valence-electron chi connectivity index (χ4n) is 3.12. The molecule has 3 atom stereocenters. The standard InChI is InChI=1S/C11H18F3N3/c12-11(13,14)9(10(15)16)6-17-4-7-2-1-3-8(7)5-17/h7-9H,1-6H2,(H3,15,16). The van der Waals surface area contributed by atoms with Crippen LogP contribution in [0.4, 0.5) is 13.2 Å². The number of alkyl halides is 3. The van der Waals surface area contributed by atoms with Gasteiger partial charge >= 0.3 is 6.18 Å². The van der Waals surface area contributed by atoms with Gasteiger partial charge in [-0.2, -0.15) is 13.2 Å². The lowest BCUT2D eigenvalue weighted by Crippen LogP contribution is -2.43. The Morgan fingerprint density at radius 2 is 1.82 bits per heavy atom. The van der Waals surface area contributed by atoms with Crippen molar-refractivity contribution in [3.63, 3.8) is 0 Å². The minimum Gasteiger partial charge on any atom is -0.387 e. The Kier molecular flexibility index (Phi) is 3.34. The molecule has 0 spiro atoms. The van der Waals surface area contributed by atoms with Crippen molar-refractivity contribution >= 4 is 5.84 Å². The van der Waals surface area contributed by atoms with Crippen molar-refractivity contribution in [3.8, 4) is 0 Å². The van der Waals surface area contributed by atoms with Gasteiger partial charge in [0.2, 0.25) is 0 Å². The molecule has 0 aromatic carbocycles. The van der Waals surface area contributed by atoms with Crippen LogP contribution in [0.2, 0.25) is 0 Å². The van der Waals surface area contributed by atoms with E-state index >= 15 is 0 Å². The summed E-state index contributed by atoms with van der Waals surface area (Å²) in [6.45, 7) is 1.33. The van der Waals surface area contributed by atoms with Gasteiger partial charge in [-0.05, 0) is 24.7 Å². The number of nitrogens with zero attached hydrogens (tertiary/aromatic N) is 1. The number of halogens is 3. The molecule has 6 heteroatoms. The van der Waals surface area contributed by atoms with Crippen LogP contribution in [0.15, 0.2) is 0 Å². The third-order valence-electron chi connectivity index (χ3n) is 4.01. The second-order valence-electron chi connectivity index (χ2n) is 5.22. The van der Waals surface area contributed by atoms with E-state index in [9.17, 15) is 13.2 Å². The number of nitrogens with one attached hydrogen (secondary N) is 1. The molecule has 1 aliphatic heterocycles. The Hall–Kier alpha value is -0.780. The van der Waals surface area contributed by atoms with Gasteiger partial charge in [-0.25, -0.2) is 0 Å². The summed E-state index contributed by atoms with van der Waals surface area (Å²) in [5.74, 6) is -1.44. The van der Waals surface area contributed by atoms with Gasteiger partial charge in [-0.3, -0.25) is 5.41 Å². The highest BCUT2D eigenvalue weighted by atomic mass is 19.4. The number of nitrogens with two attached hydrogens (primary N) is 1. The molecule has 3 N–H and O–H groups in total. The van der Waals surface area contributed by atoms with Crippen LogP contribution in [0.3, 0.4) is 0 Å². The van der Waals surface area contributed by atoms with Crippen LogP contribution in [-0.4, -0.2) is 36.5 Å². The van der Waals surface area contributed by atoms with E-state index in [1.54, 1.807) is 0 Å². The summed E-state index contributed by atoms with van der Waals surface area (Å²) in [5.41, 5.74) is 5.05. The average molecular weight is 249 g/mol. The van der Waals surface area contributed by atoms with Crippen LogP contribution in [0, 0.1) is 23.2 Å². The molecule has 0 aromatic heterocycles. The monoisotopic (exact) mass is 249 g/mol. The maximum absolute atomic E-state index is 12.7. The minimum atomic E-state index is -4.40. The molecule has 1 saturated carbocycles. The lowest BCUT2D eigenvalue weighted by atomic mass is 10.0. The van der Waals surface area contributed by atoms with E-state index in [4.69, 9.17) is 11.1 Å². The van der Waals surface area contributed by atoms with Gasteiger partial charge in [0.15, 0.2) is 0 Å². The van der Waals surface area contributed by atoms with Gasteiger partial charge in [0.1, 0.15) is 11.8 Å². The smallest absolute Gasteiger partial charge is 0.387 e. The normalized spacial score (nSPS) is 31.5. The van der Waals surface area contributed by atoms with Gasteiger partial charge in [0, 0.05) is 19.6 Å². The Morgan fingerprint density at radius 3 is 2.24 bits per heavy atom. The van der Waals surface area contributed by atoms with E-state index in [2.05, 4.69) is 0 Å². The predicted octanol–water partition coefficient (Wildman–Crippen LogP) is 1.83. The second-order valence-corrected chi connectivity index (χ2v) is 5.22. The maximum Gasteiger partial charge on any atom is 0.399 e. The lowest BCUT2D eigenvalue weighted by Gasteiger charge is -2.25. The van der Waals surface area contributed by atoms with Crippen molar-refractivity contribution in [2.24, 2.45) is 23.5 Å². The predicted molar refractivity (Wildman–Crippen MR) is 58.7 cm³/mol. The molecule has 98 valence electrons. The van der Waals surface area contributed by atoms with Gasteiger partial charge in [0.25, 0.3) is 0 Å². The van der Waals surface area contributed by atoms with E-state index in [1.807, 2.05) is 4.90 Å². The second kappa shape index (κ2) is 4.48. The molecule has 0 radical (unpaired) electrons. The van der Waals surface area contributed by atoms with E-state index in [-0.39, 0.29) is 6.54 Å². The average Bonchev–Trinajstić information content (AvgIpc) is 2.70. The van der Waals surface area contributed by atoms with Crippen molar-refractivity contribution in [2.75, 3.05) is 19.6 Å². The van der Waals surface area contributed by atoms with E-state index in [0.717, 1.165) is 25.9 Å². The SMILES string of the molecule is N=C(N)C(CN1CC2CCCC2C1)C(F)(F)F. The Morgan fingerprint density at radius 1 is 1.29 bits per heavy atom. The van der Waals surface area contributed by atoms with Crippen LogP contribution in [0.25, 0.3) is 0 Å². The number of hydrogen-bond acceptors (Lipinski definition) is 2. The molecular formula is C11H18F3N3. The molecule has 2 aliphatic rings. The molecule has 1 saturated heterocycles. The van der Waals surface area contributed by atoms with Gasteiger partial charge in [-0.1, -0.05) is 6.42 Å². The highest BCUT2D eigenvalue weighted by Gasteiger charge is 2.45. The maximum atomic E-state index is 12.7. The summed E-state index contributed by atoms with van der Waals surface area (Å²) in [6.07, 6.45) is -0.919. The topological polar surface area (TPSA) is 53.1 Å². The summed E-state index contributed by atoms with van der Waals surface area (Å²) < 4.78 is 38.0. The highest BCUT2D eigenvalue weighted by molar-refractivity contribution is 5.80. The van der Waals surface area contributed by atoms with E-state index < -0.39 is 17.9 Å². The van der Waals surface area contributed by atoms with Crippen molar-refractivity contribution in [2.45, 2.75) is 25.4 Å². The first-order chi connectivity index (χ1) is 7.88. The number of rotatable bonds is 3. The van der Waals surface area contributed by atoms with E-state index in [1.165, 1.54) is 6.42 Å². The molecule has 0 aromatic rings. The van der Waals surface area contributed by atoms with Crippen LogP contribution < -0.4 is 5.73 Å². The molecule has 0 amide bonds. The largest absolute Gasteiger partial charge is 0.399 e. The number of likely N-dealkylation sites (tertiary alicyclic amines) is 1. The number of amidine groups is 1. The Bertz CT molecular complexity index is 291. The van der Waals surface area contributed by atoms with Crippen molar-refractivity contribution in [1.29, 1.82) is 5.41 Å². The number of hydrogen-bond donors (Lipinski definition) is 2. The van der Waals surface area contributed by atoms with E-state index in [0.29, 0.717) is 11.8 Å². The first-order valence-corrected chi connectivity index (χ1v) is 6.01. The fourth-order valence-corrected chi connectivity index (χ4v) is 3.12. The summed E-state index contributed by atoms with van der Waals surface area (Å²) in [6, 6.07) is 0. The first-order valence-electron chi connectivity index (χ1n) is 6.01. The van der Waals surface area contributed by atoms with Crippen molar-refractivity contribution in [3.05, 3.63) is 0 Å². The van der Waals surface area contributed by atoms with Gasteiger partial charge < -0.3 is 10.6 Å². The molecule has 0 bridgehead atoms. The van der Waals surface area contributed by atoms with Crippen molar-refractivity contribution < 1.29 is 13.2 Å². The van der Waals surface area contributed by atoms with Gasteiger partial charge in [0.05, 0.1) is 0 Å². The Balaban J connectivity index is 1.94. The third-order valence-corrected chi connectivity index (χ3v) is 4.01. The molecule has 3 nitrogen and oxygen atoms in total. The fraction of sp³-hybridized carbons (Fsp3) is 0.909. The Labute approximate surface area is 98.7 Å². The third kappa shape index (κ3) is 2.73. The van der Waals surface area contributed by atoms with Crippen LogP contribution in [-0.2, 0) is 0 Å². The zero-order chi connectivity index (χ0) is 12.6. The summed E-state index contributed by atoms with van der Waals surface area (Å²) in [5, 5.41) is 7.06. The van der Waals surface area contributed by atoms with Crippen LogP contribution in [0.5, 0.6) is 0 Å². The molecule has 1 aliphatic carbocycles.